The number of anilines is 3. The van der Waals surface area contributed by atoms with Gasteiger partial charge in [-0.25, -0.2) is 0 Å². The largest absolute Gasteiger partial charge is 0.456 e. The summed E-state index contributed by atoms with van der Waals surface area (Å²) in [4.78, 5) is 2.45. The molecule has 8 aromatic carbocycles. The normalized spacial score (nSPS) is 14.4. The molecular formula is C54H41NO. The van der Waals surface area contributed by atoms with E-state index in [-0.39, 0.29) is 10.8 Å². The fraction of sp³-hybridized carbons (Fsp3) is 0.111. The lowest BCUT2D eigenvalue weighted by atomic mass is 9.81. The van der Waals surface area contributed by atoms with E-state index in [1.807, 2.05) is 6.07 Å². The Morgan fingerprint density at radius 2 is 0.929 bits per heavy atom. The van der Waals surface area contributed by atoms with Crippen molar-refractivity contribution in [2.24, 2.45) is 0 Å². The Morgan fingerprint density at radius 1 is 0.375 bits per heavy atom. The third-order valence-corrected chi connectivity index (χ3v) is 12.7. The molecule has 268 valence electrons. The quantitative estimate of drug-likeness (QED) is 0.176. The molecule has 11 rings (SSSR count). The first kappa shape index (κ1) is 32.8. The van der Waals surface area contributed by atoms with E-state index in [1.54, 1.807) is 0 Å². The minimum absolute atomic E-state index is 0.102. The van der Waals surface area contributed by atoms with Crippen LogP contribution in [0.1, 0.15) is 49.9 Å². The van der Waals surface area contributed by atoms with Crippen molar-refractivity contribution in [2.45, 2.75) is 38.5 Å². The Labute approximate surface area is 328 Å². The van der Waals surface area contributed by atoms with E-state index < -0.39 is 0 Å². The maximum Gasteiger partial charge on any atom is 0.137 e. The average Bonchev–Trinajstić information content (AvgIpc) is 3.80. The van der Waals surface area contributed by atoms with Gasteiger partial charge in [-0.3, -0.25) is 0 Å². The zero-order valence-corrected chi connectivity index (χ0v) is 32.1. The van der Waals surface area contributed by atoms with Crippen LogP contribution in [0.4, 0.5) is 17.1 Å². The highest BCUT2D eigenvalue weighted by molar-refractivity contribution is 6.07. The van der Waals surface area contributed by atoms with Gasteiger partial charge >= 0.3 is 0 Å². The van der Waals surface area contributed by atoms with Crippen molar-refractivity contribution < 1.29 is 4.42 Å². The van der Waals surface area contributed by atoms with E-state index in [9.17, 15) is 0 Å². The van der Waals surface area contributed by atoms with Crippen molar-refractivity contribution in [3.05, 3.63) is 198 Å². The van der Waals surface area contributed by atoms with Gasteiger partial charge in [0.25, 0.3) is 0 Å². The van der Waals surface area contributed by atoms with Crippen LogP contribution in [-0.4, -0.2) is 0 Å². The first-order valence-electron chi connectivity index (χ1n) is 19.7. The number of nitrogens with zero attached hydrogens (tertiary/aromatic N) is 1. The summed E-state index contributed by atoms with van der Waals surface area (Å²) in [5.41, 5.74) is 20.3. The lowest BCUT2D eigenvalue weighted by Gasteiger charge is -2.31. The highest BCUT2D eigenvalue weighted by Crippen LogP contribution is 2.54. The van der Waals surface area contributed by atoms with Crippen molar-refractivity contribution >= 4 is 39.0 Å². The summed E-state index contributed by atoms with van der Waals surface area (Å²) in [5.74, 6) is 0. The van der Waals surface area contributed by atoms with Gasteiger partial charge in [-0.1, -0.05) is 155 Å². The van der Waals surface area contributed by atoms with Crippen LogP contribution >= 0.6 is 0 Å². The van der Waals surface area contributed by atoms with Gasteiger partial charge in [-0.15, -0.1) is 0 Å². The lowest BCUT2D eigenvalue weighted by Crippen LogP contribution is -2.17. The molecule has 0 atom stereocenters. The number of hydrogen-bond acceptors (Lipinski definition) is 2. The van der Waals surface area contributed by atoms with Gasteiger partial charge in [-0.05, 0) is 104 Å². The number of fused-ring (bicyclic) bond motifs is 9. The van der Waals surface area contributed by atoms with Crippen LogP contribution in [0.5, 0.6) is 0 Å². The van der Waals surface area contributed by atoms with Gasteiger partial charge in [0.05, 0.1) is 5.69 Å². The highest BCUT2D eigenvalue weighted by Gasteiger charge is 2.37. The number of hydrogen-bond donors (Lipinski definition) is 0. The highest BCUT2D eigenvalue weighted by atomic mass is 16.3. The van der Waals surface area contributed by atoms with Gasteiger partial charge in [0.1, 0.15) is 11.2 Å². The Morgan fingerprint density at radius 3 is 1.68 bits per heavy atom. The summed E-state index contributed by atoms with van der Waals surface area (Å²) in [6.07, 6.45) is 0. The third-order valence-electron chi connectivity index (χ3n) is 12.7. The van der Waals surface area contributed by atoms with Crippen molar-refractivity contribution in [1.82, 2.24) is 0 Å². The Balaban J connectivity index is 1.17. The van der Waals surface area contributed by atoms with E-state index in [0.717, 1.165) is 39.0 Å². The van der Waals surface area contributed by atoms with Crippen LogP contribution in [0.25, 0.3) is 66.4 Å². The molecule has 0 fully saturated rings. The second kappa shape index (κ2) is 11.9. The van der Waals surface area contributed by atoms with Crippen LogP contribution in [0, 0.1) is 0 Å². The molecule has 0 spiro atoms. The van der Waals surface area contributed by atoms with E-state index in [0.29, 0.717) is 0 Å². The smallest absolute Gasteiger partial charge is 0.137 e. The maximum absolute atomic E-state index is 6.53. The summed E-state index contributed by atoms with van der Waals surface area (Å²) in [5, 5.41) is 2.25. The maximum atomic E-state index is 6.53. The first-order chi connectivity index (χ1) is 27.3. The molecule has 2 nitrogen and oxygen atoms in total. The molecule has 2 aliphatic rings. The molecule has 0 N–H and O–H groups in total. The predicted molar refractivity (Wildman–Crippen MR) is 234 cm³/mol. The summed E-state index contributed by atoms with van der Waals surface area (Å²) in [6, 6.07) is 64.7. The Hall–Kier alpha value is -6.64. The third kappa shape index (κ3) is 4.69. The van der Waals surface area contributed by atoms with Crippen molar-refractivity contribution in [3.8, 4) is 44.5 Å². The Kier molecular flexibility index (Phi) is 6.98. The molecule has 2 aliphatic carbocycles. The fourth-order valence-corrected chi connectivity index (χ4v) is 9.86. The Bertz CT molecular complexity index is 3030. The molecular weight excluding hydrogens is 679 g/mol. The standard InChI is InChI=1S/C54H41NO/c1-53(2)45-21-11-8-17-39(45)41-28-25-35(31-47(41)53)38-20-14-23-49(52(38)34-15-6-5-7-16-34)55(37-27-30-44-43-19-10-13-24-50(43)56-51(44)33-37)36-26-29-42-40-18-9-12-22-46(40)54(3,4)48(42)32-36/h5-33H,1-4H3. The lowest BCUT2D eigenvalue weighted by molar-refractivity contribution is 0.660. The molecule has 0 radical (unpaired) electrons. The van der Waals surface area contributed by atoms with Gasteiger partial charge in [0, 0.05) is 44.6 Å². The second-order valence-corrected chi connectivity index (χ2v) is 16.5. The van der Waals surface area contributed by atoms with Crippen LogP contribution in [0.15, 0.2) is 180 Å². The molecule has 1 aromatic heterocycles. The molecule has 0 unspecified atom stereocenters. The van der Waals surface area contributed by atoms with Crippen LogP contribution in [0.3, 0.4) is 0 Å². The van der Waals surface area contributed by atoms with E-state index >= 15 is 0 Å². The van der Waals surface area contributed by atoms with Crippen molar-refractivity contribution in [3.63, 3.8) is 0 Å². The van der Waals surface area contributed by atoms with E-state index in [1.165, 1.54) is 66.8 Å². The predicted octanol–water partition coefficient (Wildman–Crippen LogP) is 15.0. The van der Waals surface area contributed by atoms with E-state index in [2.05, 4.69) is 202 Å². The van der Waals surface area contributed by atoms with Crippen LogP contribution in [-0.2, 0) is 10.8 Å². The van der Waals surface area contributed by atoms with Gasteiger partial charge < -0.3 is 9.32 Å². The number of para-hydroxylation sites is 1. The molecule has 0 bridgehead atoms. The van der Waals surface area contributed by atoms with Gasteiger partial charge in [0.15, 0.2) is 0 Å². The monoisotopic (exact) mass is 719 g/mol. The minimum atomic E-state index is -0.144. The molecule has 0 amide bonds. The van der Waals surface area contributed by atoms with Gasteiger partial charge in [0.2, 0.25) is 0 Å². The SMILES string of the molecule is CC1(C)c2ccccc2-c2ccc(-c3cccc(N(c4ccc5c(c4)C(C)(C)c4ccccc4-5)c4ccc5c(c4)oc4ccccc45)c3-c3ccccc3)cc21. The minimum Gasteiger partial charge on any atom is -0.456 e. The molecule has 0 aliphatic heterocycles. The van der Waals surface area contributed by atoms with E-state index in [4.69, 9.17) is 4.42 Å². The molecule has 56 heavy (non-hydrogen) atoms. The van der Waals surface area contributed by atoms with Crippen LogP contribution < -0.4 is 4.90 Å². The molecule has 2 heteroatoms. The van der Waals surface area contributed by atoms with Crippen molar-refractivity contribution in [2.75, 3.05) is 4.90 Å². The summed E-state index contributed by atoms with van der Waals surface area (Å²) in [7, 11) is 0. The van der Waals surface area contributed by atoms with Gasteiger partial charge in [-0.2, -0.15) is 0 Å². The summed E-state index contributed by atoms with van der Waals surface area (Å²) < 4.78 is 6.53. The molecule has 1 heterocycles. The molecule has 0 saturated carbocycles. The average molecular weight is 720 g/mol. The topological polar surface area (TPSA) is 16.4 Å². The van der Waals surface area contributed by atoms with Crippen molar-refractivity contribution in [1.29, 1.82) is 0 Å². The number of rotatable bonds is 5. The first-order valence-corrected chi connectivity index (χ1v) is 19.7. The summed E-state index contributed by atoms with van der Waals surface area (Å²) in [6.45, 7) is 9.44. The second-order valence-electron chi connectivity index (χ2n) is 16.5. The fourth-order valence-electron chi connectivity index (χ4n) is 9.86. The zero-order valence-electron chi connectivity index (χ0n) is 32.1. The zero-order chi connectivity index (χ0) is 37.8. The van der Waals surface area contributed by atoms with Crippen LogP contribution in [0.2, 0.25) is 0 Å². The molecule has 0 saturated heterocycles. The molecule has 9 aromatic rings. The number of furan rings is 1. The summed E-state index contributed by atoms with van der Waals surface area (Å²) >= 11 is 0. The number of benzene rings is 8.